The summed E-state index contributed by atoms with van der Waals surface area (Å²) in [5.74, 6) is 0.698. The van der Waals surface area contributed by atoms with Gasteiger partial charge in [-0.3, -0.25) is 4.57 Å². The third-order valence-corrected chi connectivity index (χ3v) is 3.82. The molecule has 6 heteroatoms. The predicted octanol–water partition coefficient (Wildman–Crippen LogP) is 3.04. The van der Waals surface area contributed by atoms with Crippen molar-refractivity contribution in [1.29, 1.82) is 0 Å². The molecule has 0 bridgehead atoms. The number of aliphatic hydroxyl groups is 1. The third-order valence-electron chi connectivity index (χ3n) is 2.17. The Hall–Kier alpha value is -1.29. The fourth-order valence-electron chi connectivity index (χ4n) is 1.19. The minimum atomic E-state index is -3.57. The van der Waals surface area contributed by atoms with Gasteiger partial charge in [-0.1, -0.05) is 12.1 Å². The summed E-state index contributed by atoms with van der Waals surface area (Å²) in [7, 11) is 0.412. The molecule has 0 heterocycles. The number of methoxy groups -OCH3 is 1. The van der Waals surface area contributed by atoms with Gasteiger partial charge in [-0.15, -0.1) is 0 Å². The lowest BCUT2D eigenvalue weighted by molar-refractivity contribution is 0.262. The molecular formula is C11H15O5P. The Kier molecular flexibility index (Phi) is 4.75. The normalized spacial score (nSPS) is 12.5. The average Bonchev–Trinajstić information content (AvgIpc) is 2.38. The highest BCUT2D eigenvalue weighted by atomic mass is 31.2. The molecule has 0 atom stereocenters. The smallest absolute Gasteiger partial charge is 0.394 e. The van der Waals surface area contributed by atoms with E-state index in [1.807, 2.05) is 0 Å². The maximum atomic E-state index is 11.8. The number of benzene rings is 1. The monoisotopic (exact) mass is 258 g/mol. The van der Waals surface area contributed by atoms with E-state index in [9.17, 15) is 9.67 Å². The molecule has 17 heavy (non-hydrogen) atoms. The molecule has 0 aliphatic rings. The predicted molar refractivity (Wildman–Crippen MR) is 65.2 cm³/mol. The number of hydrogen-bond donors (Lipinski definition) is 1. The summed E-state index contributed by atoms with van der Waals surface area (Å²) >= 11 is 0. The highest BCUT2D eigenvalue weighted by molar-refractivity contribution is 7.58. The van der Waals surface area contributed by atoms with Crippen molar-refractivity contribution in [2.45, 2.75) is 0 Å². The van der Waals surface area contributed by atoms with E-state index < -0.39 is 13.1 Å². The molecule has 94 valence electrons. The third kappa shape index (κ3) is 3.33. The Morgan fingerprint density at radius 3 is 2.12 bits per heavy atom. The number of ether oxygens (including phenoxy) is 1. The maximum Gasteiger partial charge on any atom is 0.394 e. The number of aliphatic hydroxyl groups excluding tert-OH is 1. The quantitative estimate of drug-likeness (QED) is 0.649. The lowest BCUT2D eigenvalue weighted by Crippen LogP contribution is -1.92. The van der Waals surface area contributed by atoms with Crippen LogP contribution in [0.5, 0.6) is 5.75 Å². The van der Waals surface area contributed by atoms with E-state index in [0.717, 1.165) is 0 Å². The minimum Gasteiger partial charge on any atom is -0.501 e. The van der Waals surface area contributed by atoms with Crippen molar-refractivity contribution in [2.75, 3.05) is 21.3 Å². The standard InChI is InChI=1S/C11H15O5P/c1-14-10-6-4-9(5-7-10)8-11(12)17(13,15-2)16-3/h4-8,12H,1-3H3. The van der Waals surface area contributed by atoms with Crippen LogP contribution in [-0.4, -0.2) is 26.4 Å². The molecule has 0 aromatic heterocycles. The van der Waals surface area contributed by atoms with Gasteiger partial charge >= 0.3 is 7.60 Å². The van der Waals surface area contributed by atoms with Crippen molar-refractivity contribution >= 4 is 13.7 Å². The topological polar surface area (TPSA) is 65.0 Å². The van der Waals surface area contributed by atoms with E-state index in [4.69, 9.17) is 4.74 Å². The first-order chi connectivity index (χ1) is 8.05. The van der Waals surface area contributed by atoms with Crippen molar-refractivity contribution in [3.63, 3.8) is 0 Å². The van der Waals surface area contributed by atoms with Crippen LogP contribution in [0.3, 0.4) is 0 Å². The fourth-order valence-corrected chi connectivity index (χ4v) is 2.02. The number of hydrogen-bond acceptors (Lipinski definition) is 5. The SMILES string of the molecule is COc1ccc(C=C(O)P(=O)(OC)OC)cc1. The lowest BCUT2D eigenvalue weighted by atomic mass is 10.2. The Bertz CT molecular complexity index is 430. The summed E-state index contributed by atoms with van der Waals surface area (Å²) in [5.41, 5.74) is 0.227. The molecule has 0 saturated carbocycles. The summed E-state index contributed by atoms with van der Waals surface area (Å²) < 4.78 is 26.1. The largest absolute Gasteiger partial charge is 0.501 e. The van der Waals surface area contributed by atoms with Crippen LogP contribution in [0.4, 0.5) is 0 Å². The van der Waals surface area contributed by atoms with Crippen LogP contribution >= 0.6 is 7.60 Å². The van der Waals surface area contributed by atoms with Gasteiger partial charge in [0.1, 0.15) is 5.75 Å². The van der Waals surface area contributed by atoms with Gasteiger partial charge in [-0.2, -0.15) is 0 Å². The molecule has 0 radical (unpaired) electrons. The minimum absolute atomic E-state index is 0.437. The van der Waals surface area contributed by atoms with Crippen LogP contribution in [0.15, 0.2) is 29.8 Å². The fraction of sp³-hybridized carbons (Fsp3) is 0.273. The molecule has 0 aliphatic carbocycles. The van der Waals surface area contributed by atoms with E-state index in [0.29, 0.717) is 11.3 Å². The zero-order chi connectivity index (χ0) is 12.9. The Labute approximate surface area is 100 Å². The molecule has 1 N–H and O–H groups in total. The lowest BCUT2D eigenvalue weighted by Gasteiger charge is -2.12. The molecule has 1 rings (SSSR count). The van der Waals surface area contributed by atoms with E-state index in [1.54, 1.807) is 31.4 Å². The van der Waals surface area contributed by atoms with E-state index in [-0.39, 0.29) is 0 Å². The number of rotatable bonds is 5. The second kappa shape index (κ2) is 5.87. The molecule has 0 spiro atoms. The zero-order valence-electron chi connectivity index (χ0n) is 9.91. The van der Waals surface area contributed by atoms with Crippen molar-refractivity contribution in [3.8, 4) is 5.75 Å². The Morgan fingerprint density at radius 2 is 1.71 bits per heavy atom. The average molecular weight is 258 g/mol. The molecule has 0 aliphatic heterocycles. The van der Waals surface area contributed by atoms with Crippen LogP contribution in [0, 0.1) is 0 Å². The maximum absolute atomic E-state index is 11.8. The van der Waals surface area contributed by atoms with Crippen molar-refractivity contribution in [3.05, 3.63) is 35.3 Å². The van der Waals surface area contributed by atoms with E-state index in [1.165, 1.54) is 20.3 Å². The van der Waals surface area contributed by atoms with Gasteiger partial charge in [-0.25, -0.2) is 0 Å². The van der Waals surface area contributed by atoms with E-state index >= 15 is 0 Å². The summed E-state index contributed by atoms with van der Waals surface area (Å²) in [5, 5.41) is 9.66. The van der Waals surface area contributed by atoms with Gasteiger partial charge < -0.3 is 18.9 Å². The molecule has 0 saturated heterocycles. The van der Waals surface area contributed by atoms with Crippen molar-refractivity contribution in [1.82, 2.24) is 0 Å². The van der Waals surface area contributed by atoms with Gasteiger partial charge in [0.05, 0.1) is 7.11 Å². The van der Waals surface area contributed by atoms with Crippen LogP contribution in [0.2, 0.25) is 0 Å². The molecule has 0 amide bonds. The second-order valence-electron chi connectivity index (χ2n) is 3.14. The Balaban J connectivity index is 2.97. The molecule has 1 aromatic rings. The van der Waals surface area contributed by atoms with E-state index in [2.05, 4.69) is 9.05 Å². The van der Waals surface area contributed by atoms with Gasteiger partial charge in [0.2, 0.25) is 5.50 Å². The molecule has 0 fully saturated rings. The summed E-state index contributed by atoms with van der Waals surface area (Å²) in [6.07, 6.45) is 1.33. The molecule has 1 aromatic carbocycles. The van der Waals surface area contributed by atoms with Crippen molar-refractivity contribution < 1.29 is 23.5 Å². The molecule has 0 unspecified atom stereocenters. The summed E-state index contributed by atoms with van der Waals surface area (Å²) in [6, 6.07) is 6.88. The van der Waals surface area contributed by atoms with Crippen LogP contribution < -0.4 is 4.74 Å². The van der Waals surface area contributed by atoms with Crippen molar-refractivity contribution in [2.24, 2.45) is 0 Å². The van der Waals surface area contributed by atoms with Gasteiger partial charge in [0.25, 0.3) is 0 Å². The van der Waals surface area contributed by atoms with Gasteiger partial charge in [-0.05, 0) is 23.8 Å². The molecular weight excluding hydrogens is 243 g/mol. The van der Waals surface area contributed by atoms with Crippen LogP contribution in [0.25, 0.3) is 6.08 Å². The van der Waals surface area contributed by atoms with Gasteiger partial charge in [0, 0.05) is 14.2 Å². The first-order valence-corrected chi connectivity index (χ1v) is 6.37. The Morgan fingerprint density at radius 1 is 1.18 bits per heavy atom. The van der Waals surface area contributed by atoms with Gasteiger partial charge in [0.15, 0.2) is 0 Å². The molecule has 5 nitrogen and oxygen atoms in total. The van der Waals surface area contributed by atoms with Crippen LogP contribution in [-0.2, 0) is 13.6 Å². The first kappa shape index (κ1) is 13.8. The van der Waals surface area contributed by atoms with Crippen LogP contribution in [0.1, 0.15) is 5.56 Å². The summed E-state index contributed by atoms with van der Waals surface area (Å²) in [4.78, 5) is 0. The highest BCUT2D eigenvalue weighted by Crippen LogP contribution is 2.53. The zero-order valence-corrected chi connectivity index (χ0v) is 10.8. The summed E-state index contributed by atoms with van der Waals surface area (Å²) in [6.45, 7) is 0. The highest BCUT2D eigenvalue weighted by Gasteiger charge is 2.27. The second-order valence-corrected chi connectivity index (χ2v) is 5.32. The first-order valence-electron chi connectivity index (χ1n) is 4.82.